The minimum absolute atomic E-state index is 0.141. The van der Waals surface area contributed by atoms with Crippen LogP contribution in [0.4, 0.5) is 0 Å². The Morgan fingerprint density at radius 1 is 0.775 bits per heavy atom. The maximum Gasteiger partial charge on any atom is 0.326 e. The molecule has 40 heavy (non-hydrogen) atoms. The van der Waals surface area contributed by atoms with Gasteiger partial charge in [-0.15, -0.1) is 0 Å². The summed E-state index contributed by atoms with van der Waals surface area (Å²) in [6, 6.07) is 12.7. The highest BCUT2D eigenvalue weighted by atomic mass is 16.4. The fourth-order valence-corrected chi connectivity index (χ4v) is 4.51. The van der Waals surface area contributed by atoms with Gasteiger partial charge in [0.1, 0.15) is 18.1 Å². The van der Waals surface area contributed by atoms with E-state index in [0.29, 0.717) is 0 Å². The molecule has 1 aromatic heterocycles. The van der Waals surface area contributed by atoms with Crippen LogP contribution >= 0.6 is 0 Å². The van der Waals surface area contributed by atoms with Gasteiger partial charge >= 0.3 is 5.97 Å². The molecule has 4 unspecified atom stereocenters. The first-order valence-electron chi connectivity index (χ1n) is 13.5. The number of hydrogen-bond acceptors (Lipinski definition) is 5. The van der Waals surface area contributed by atoms with Gasteiger partial charge in [0, 0.05) is 23.5 Å². The molecule has 3 rings (SSSR count). The lowest BCUT2D eigenvalue weighted by Gasteiger charge is -2.27. The summed E-state index contributed by atoms with van der Waals surface area (Å²) in [7, 11) is 0. The zero-order chi connectivity index (χ0) is 29.4. The predicted octanol–water partition coefficient (Wildman–Crippen LogP) is 2.13. The molecule has 3 amide bonds. The molecular formula is C30H39N5O5. The molecule has 10 nitrogen and oxygen atoms in total. The second-order valence-electron chi connectivity index (χ2n) is 10.7. The zero-order valence-electron chi connectivity index (χ0n) is 23.3. The third-order valence-electron chi connectivity index (χ3n) is 6.84. The van der Waals surface area contributed by atoms with Crippen molar-refractivity contribution in [3.63, 3.8) is 0 Å². The summed E-state index contributed by atoms with van der Waals surface area (Å²) in [6.45, 7) is 6.93. The molecule has 2 aromatic carbocycles. The predicted molar refractivity (Wildman–Crippen MR) is 153 cm³/mol. The van der Waals surface area contributed by atoms with E-state index in [0.717, 1.165) is 22.0 Å². The minimum Gasteiger partial charge on any atom is -0.480 e. The summed E-state index contributed by atoms with van der Waals surface area (Å²) in [4.78, 5) is 54.5. The van der Waals surface area contributed by atoms with Crippen LogP contribution in [0.15, 0.2) is 60.8 Å². The second kappa shape index (κ2) is 13.7. The van der Waals surface area contributed by atoms with E-state index in [9.17, 15) is 24.3 Å². The lowest BCUT2D eigenvalue weighted by molar-refractivity contribution is -0.143. The monoisotopic (exact) mass is 549 g/mol. The van der Waals surface area contributed by atoms with Crippen molar-refractivity contribution in [3.8, 4) is 0 Å². The van der Waals surface area contributed by atoms with E-state index >= 15 is 0 Å². The van der Waals surface area contributed by atoms with Crippen molar-refractivity contribution >= 4 is 34.6 Å². The van der Waals surface area contributed by atoms with Crippen LogP contribution in [-0.4, -0.2) is 57.9 Å². The first-order chi connectivity index (χ1) is 19.0. The van der Waals surface area contributed by atoms with Crippen LogP contribution in [0.1, 0.15) is 38.8 Å². The van der Waals surface area contributed by atoms with Gasteiger partial charge in [-0.1, -0.05) is 76.2 Å². The van der Waals surface area contributed by atoms with Gasteiger partial charge in [0.25, 0.3) is 0 Å². The Morgan fingerprint density at radius 2 is 1.38 bits per heavy atom. The number of carboxylic acids is 1. The van der Waals surface area contributed by atoms with Crippen molar-refractivity contribution in [2.24, 2.45) is 17.6 Å². The van der Waals surface area contributed by atoms with E-state index in [1.807, 2.05) is 60.8 Å². The highest BCUT2D eigenvalue weighted by molar-refractivity contribution is 5.94. The number of benzene rings is 2. The van der Waals surface area contributed by atoms with Gasteiger partial charge in [0.15, 0.2) is 0 Å². The number of para-hydroxylation sites is 1. The molecule has 214 valence electrons. The lowest BCUT2D eigenvalue weighted by Crippen LogP contribution is -2.59. The largest absolute Gasteiger partial charge is 0.480 e. The Bertz CT molecular complexity index is 1320. The van der Waals surface area contributed by atoms with E-state index in [1.54, 1.807) is 27.7 Å². The van der Waals surface area contributed by atoms with Crippen LogP contribution in [-0.2, 0) is 32.0 Å². The minimum atomic E-state index is -1.16. The summed E-state index contributed by atoms with van der Waals surface area (Å²) >= 11 is 0. The third kappa shape index (κ3) is 7.92. The number of nitrogens with one attached hydrogen (secondary N) is 4. The van der Waals surface area contributed by atoms with Gasteiger partial charge in [-0.3, -0.25) is 14.4 Å². The molecule has 7 N–H and O–H groups in total. The van der Waals surface area contributed by atoms with Crippen molar-refractivity contribution < 1.29 is 24.3 Å². The van der Waals surface area contributed by atoms with E-state index in [1.165, 1.54) is 0 Å². The summed E-state index contributed by atoms with van der Waals surface area (Å²) in [5.41, 5.74) is 8.85. The molecule has 0 saturated heterocycles. The zero-order valence-corrected chi connectivity index (χ0v) is 23.3. The Labute approximate surface area is 234 Å². The standard InChI is InChI=1S/C30H39N5O5/c1-17(2)25(34-27(36)22(31)15-20-16-32-23-13-9-8-12-21(20)23)29(38)33-24(14-19-10-6-5-7-11-19)28(37)35-26(18(3)4)30(39)40/h5-13,16-18,22,24-26,32H,14-15,31H2,1-4H3,(H,33,38)(H,34,36)(H,35,37)(H,39,40). The quantitative estimate of drug-likeness (QED) is 0.191. The van der Waals surface area contributed by atoms with Crippen LogP contribution in [0.3, 0.4) is 0 Å². The van der Waals surface area contributed by atoms with Crippen molar-refractivity contribution in [3.05, 3.63) is 71.9 Å². The van der Waals surface area contributed by atoms with E-state index in [2.05, 4.69) is 20.9 Å². The number of hydrogen-bond donors (Lipinski definition) is 6. The Hall–Kier alpha value is -4.18. The molecule has 10 heteroatoms. The molecule has 0 saturated carbocycles. The van der Waals surface area contributed by atoms with Crippen LogP contribution in [0.25, 0.3) is 10.9 Å². The first kappa shape index (κ1) is 30.4. The first-order valence-corrected chi connectivity index (χ1v) is 13.5. The van der Waals surface area contributed by atoms with Crippen LogP contribution in [0.2, 0.25) is 0 Å². The second-order valence-corrected chi connectivity index (χ2v) is 10.7. The lowest BCUT2D eigenvalue weighted by atomic mass is 9.99. The number of carboxylic acid groups (broad SMARTS) is 1. The number of aromatic amines is 1. The Morgan fingerprint density at radius 3 is 2.00 bits per heavy atom. The highest BCUT2D eigenvalue weighted by Crippen LogP contribution is 2.19. The molecular weight excluding hydrogens is 510 g/mol. The molecule has 3 aromatic rings. The normalized spacial score (nSPS) is 14.4. The fraction of sp³-hybridized carbons (Fsp3) is 0.400. The number of nitrogens with two attached hydrogens (primary N) is 1. The van der Waals surface area contributed by atoms with Crippen LogP contribution in [0, 0.1) is 11.8 Å². The molecule has 0 spiro atoms. The molecule has 0 aliphatic heterocycles. The molecule has 0 aliphatic rings. The number of fused-ring (bicyclic) bond motifs is 1. The summed E-state index contributed by atoms with van der Waals surface area (Å²) in [5.74, 6) is -3.51. The van der Waals surface area contributed by atoms with Crippen molar-refractivity contribution in [2.45, 2.75) is 64.7 Å². The van der Waals surface area contributed by atoms with Crippen LogP contribution < -0.4 is 21.7 Å². The number of aliphatic carboxylic acids is 1. The Balaban J connectivity index is 1.73. The molecule has 1 heterocycles. The molecule has 0 bridgehead atoms. The van der Waals surface area contributed by atoms with Gasteiger partial charge in [-0.05, 0) is 35.4 Å². The van der Waals surface area contributed by atoms with Crippen molar-refractivity contribution in [1.29, 1.82) is 0 Å². The van der Waals surface area contributed by atoms with Crippen LogP contribution in [0.5, 0.6) is 0 Å². The summed E-state index contributed by atoms with van der Waals surface area (Å²) in [5, 5.41) is 18.6. The number of amides is 3. The van der Waals surface area contributed by atoms with E-state index in [4.69, 9.17) is 5.73 Å². The topological polar surface area (TPSA) is 166 Å². The third-order valence-corrected chi connectivity index (χ3v) is 6.84. The van der Waals surface area contributed by atoms with Gasteiger partial charge in [-0.25, -0.2) is 4.79 Å². The average molecular weight is 550 g/mol. The van der Waals surface area contributed by atoms with E-state index in [-0.39, 0.29) is 24.7 Å². The average Bonchev–Trinajstić information content (AvgIpc) is 3.32. The highest BCUT2D eigenvalue weighted by Gasteiger charge is 2.32. The SMILES string of the molecule is CC(C)C(NC(=O)C(Cc1ccccc1)NC(=O)C(NC(=O)C(N)Cc1c[nH]c2ccccc12)C(C)C)C(=O)O. The van der Waals surface area contributed by atoms with Gasteiger partial charge in [0.2, 0.25) is 17.7 Å². The molecule has 0 fully saturated rings. The summed E-state index contributed by atoms with van der Waals surface area (Å²) < 4.78 is 0. The van der Waals surface area contributed by atoms with Gasteiger partial charge in [0.05, 0.1) is 6.04 Å². The van der Waals surface area contributed by atoms with Crippen molar-refractivity contribution in [2.75, 3.05) is 0 Å². The summed E-state index contributed by atoms with van der Waals surface area (Å²) in [6.07, 6.45) is 2.23. The number of H-pyrrole nitrogens is 1. The number of aromatic nitrogens is 1. The maximum atomic E-state index is 13.4. The van der Waals surface area contributed by atoms with Gasteiger partial charge in [-0.2, -0.15) is 0 Å². The number of carbonyl (C=O) groups excluding carboxylic acids is 3. The smallest absolute Gasteiger partial charge is 0.326 e. The number of carbonyl (C=O) groups is 4. The number of rotatable bonds is 13. The fourth-order valence-electron chi connectivity index (χ4n) is 4.51. The van der Waals surface area contributed by atoms with Crippen molar-refractivity contribution in [1.82, 2.24) is 20.9 Å². The van der Waals surface area contributed by atoms with Gasteiger partial charge < -0.3 is 31.8 Å². The Kier molecular flexibility index (Phi) is 10.4. The maximum absolute atomic E-state index is 13.4. The molecule has 0 aliphatic carbocycles. The molecule has 4 atom stereocenters. The molecule has 0 radical (unpaired) electrons. The van der Waals surface area contributed by atoms with E-state index < -0.39 is 47.9 Å².